The molecule has 13 heteroatoms. The first-order chi connectivity index (χ1) is 11.9. The molecule has 152 valence electrons. The Kier molecular flexibility index (Phi) is 19.5. The molecule has 0 fully saturated rings. The zero-order valence-corrected chi connectivity index (χ0v) is 18.4. The molecule has 0 atom stereocenters. The summed E-state index contributed by atoms with van der Waals surface area (Å²) in [6.45, 7) is 3.79. The van der Waals surface area contributed by atoms with Crippen molar-refractivity contribution >= 4 is 55.1 Å². The van der Waals surface area contributed by atoms with Gasteiger partial charge < -0.3 is 19.7 Å². The molecule has 0 heterocycles. The van der Waals surface area contributed by atoms with Crippen LogP contribution in [0.25, 0.3) is 0 Å². The Morgan fingerprint density at radius 1 is 0.778 bits per heavy atom. The SMILES string of the molecule is CC=CC(=O)NCCCS(=O)(=O)[O-].CC=CC(=O)NCCCS(=O)(=O)[O-].[Mg+2]. The van der Waals surface area contributed by atoms with E-state index in [0.717, 1.165) is 0 Å². The molecule has 0 radical (unpaired) electrons. The van der Waals surface area contributed by atoms with Gasteiger partial charge in [0.2, 0.25) is 11.8 Å². The van der Waals surface area contributed by atoms with Gasteiger partial charge in [0.1, 0.15) is 0 Å². The van der Waals surface area contributed by atoms with E-state index in [1.807, 2.05) is 0 Å². The van der Waals surface area contributed by atoms with Crippen molar-refractivity contribution in [3.63, 3.8) is 0 Å². The Balaban J connectivity index is -0.000000411. The molecule has 27 heavy (non-hydrogen) atoms. The molecule has 0 spiro atoms. The summed E-state index contributed by atoms with van der Waals surface area (Å²) in [5, 5.41) is 4.85. The van der Waals surface area contributed by atoms with Crippen molar-refractivity contribution < 1.29 is 35.5 Å². The molecule has 0 aliphatic rings. The van der Waals surface area contributed by atoms with Crippen LogP contribution in [-0.2, 0) is 29.8 Å². The smallest absolute Gasteiger partial charge is 0.748 e. The molecule has 2 N–H and O–H groups in total. The maximum Gasteiger partial charge on any atom is 2.00 e. The van der Waals surface area contributed by atoms with Gasteiger partial charge in [-0.15, -0.1) is 0 Å². The maximum atomic E-state index is 10.7. The van der Waals surface area contributed by atoms with Crippen molar-refractivity contribution in [1.82, 2.24) is 10.6 Å². The van der Waals surface area contributed by atoms with Crippen LogP contribution in [0.4, 0.5) is 0 Å². The molecule has 10 nitrogen and oxygen atoms in total. The maximum absolute atomic E-state index is 10.7. The van der Waals surface area contributed by atoms with E-state index >= 15 is 0 Å². The zero-order valence-electron chi connectivity index (χ0n) is 15.3. The number of hydrogen-bond donors (Lipinski definition) is 2. The fourth-order valence-corrected chi connectivity index (χ4v) is 2.34. The van der Waals surface area contributed by atoms with Crippen molar-refractivity contribution in [2.45, 2.75) is 26.7 Å². The van der Waals surface area contributed by atoms with Crippen molar-refractivity contribution in [3.8, 4) is 0 Å². The molecule has 0 aromatic carbocycles. The summed E-state index contributed by atoms with van der Waals surface area (Å²) < 4.78 is 60.7. The van der Waals surface area contributed by atoms with Crippen LogP contribution in [0.2, 0.25) is 0 Å². The van der Waals surface area contributed by atoms with Crippen molar-refractivity contribution in [2.75, 3.05) is 24.6 Å². The molecule has 0 bridgehead atoms. The van der Waals surface area contributed by atoms with Gasteiger partial charge in [-0.05, 0) is 38.8 Å². The van der Waals surface area contributed by atoms with Crippen LogP contribution in [0.15, 0.2) is 24.3 Å². The minimum absolute atomic E-state index is 0. The summed E-state index contributed by atoms with van der Waals surface area (Å²) >= 11 is 0. The summed E-state index contributed by atoms with van der Waals surface area (Å²) in [5.41, 5.74) is 0. The van der Waals surface area contributed by atoms with Crippen molar-refractivity contribution in [2.24, 2.45) is 0 Å². The predicted octanol–water partition coefficient (Wildman–Crippen LogP) is -1.15. The summed E-state index contributed by atoms with van der Waals surface area (Å²) in [7, 11) is -8.31. The third-order valence-corrected chi connectivity index (χ3v) is 3.95. The van der Waals surface area contributed by atoms with Gasteiger partial charge in [-0.1, -0.05) is 12.2 Å². The van der Waals surface area contributed by atoms with E-state index in [1.165, 1.54) is 12.2 Å². The van der Waals surface area contributed by atoms with E-state index < -0.39 is 31.7 Å². The number of carbonyl (C=O) groups is 2. The average Bonchev–Trinajstić information content (AvgIpc) is 2.48. The number of amides is 2. The van der Waals surface area contributed by atoms with Gasteiger partial charge in [0.05, 0.1) is 20.2 Å². The number of hydrogen-bond acceptors (Lipinski definition) is 8. The Hall–Kier alpha value is -0.994. The first-order valence-electron chi connectivity index (χ1n) is 7.59. The molecular weight excluding hydrogens is 413 g/mol. The molecule has 0 rings (SSSR count). The molecule has 0 aromatic rings. The third kappa shape index (κ3) is 30.0. The van der Waals surface area contributed by atoms with E-state index in [9.17, 15) is 35.5 Å². The van der Waals surface area contributed by atoms with Crippen LogP contribution < -0.4 is 10.6 Å². The van der Waals surface area contributed by atoms with Gasteiger partial charge in [-0.25, -0.2) is 16.8 Å². The van der Waals surface area contributed by atoms with Gasteiger partial charge in [0.25, 0.3) is 0 Å². The molecule has 0 aromatic heterocycles. The number of allylic oxidation sites excluding steroid dienone is 2. The fraction of sp³-hybridized carbons (Fsp3) is 0.571. The Bertz CT molecular complexity index is 628. The van der Waals surface area contributed by atoms with E-state index in [-0.39, 0.29) is 60.8 Å². The largest absolute Gasteiger partial charge is 2.00 e. The first-order valence-corrected chi connectivity index (χ1v) is 10.7. The molecular formula is C14H24MgN2O8S2. The summed E-state index contributed by atoms with van der Waals surface area (Å²) in [6, 6.07) is 0. The monoisotopic (exact) mass is 436 g/mol. The Morgan fingerprint density at radius 2 is 1.07 bits per heavy atom. The number of nitrogens with one attached hydrogen (secondary N) is 2. The van der Waals surface area contributed by atoms with Crippen LogP contribution in [0.1, 0.15) is 26.7 Å². The fourth-order valence-electron chi connectivity index (χ4n) is 1.34. The topological polar surface area (TPSA) is 173 Å². The van der Waals surface area contributed by atoms with Crippen LogP contribution >= 0.6 is 0 Å². The van der Waals surface area contributed by atoms with Gasteiger partial charge in [0.15, 0.2) is 0 Å². The van der Waals surface area contributed by atoms with Crippen LogP contribution in [-0.4, -0.2) is 85.4 Å². The summed E-state index contributed by atoms with van der Waals surface area (Å²) in [6.07, 6.45) is 6.08. The molecule has 0 saturated heterocycles. The third-order valence-electron chi connectivity index (χ3n) is 2.38. The molecule has 0 aliphatic heterocycles. The minimum Gasteiger partial charge on any atom is -0.748 e. The first kappa shape index (κ1) is 30.7. The van der Waals surface area contributed by atoms with Gasteiger partial charge in [-0.2, -0.15) is 0 Å². The van der Waals surface area contributed by atoms with Gasteiger partial charge in [-0.3, -0.25) is 9.59 Å². The molecule has 2 amide bonds. The standard InChI is InChI=1S/2C7H13NO4S.Mg/c2*1-2-4-7(9)8-5-3-6-13(10,11)12;/h2*2,4H,3,5-6H2,1H3,(H,8,9)(H,10,11,12);/q;;+2/p-2. The predicted molar refractivity (Wildman–Crippen MR) is 99.8 cm³/mol. The van der Waals surface area contributed by atoms with Crippen LogP contribution in [0.3, 0.4) is 0 Å². The van der Waals surface area contributed by atoms with Crippen molar-refractivity contribution in [1.29, 1.82) is 0 Å². The van der Waals surface area contributed by atoms with E-state index in [1.54, 1.807) is 26.0 Å². The second-order valence-electron chi connectivity index (χ2n) is 4.81. The van der Waals surface area contributed by atoms with Crippen LogP contribution in [0.5, 0.6) is 0 Å². The van der Waals surface area contributed by atoms with Crippen LogP contribution in [0, 0.1) is 0 Å². The second-order valence-corrected chi connectivity index (χ2v) is 7.86. The minimum atomic E-state index is -4.15. The molecule has 0 saturated carbocycles. The normalized spacial score (nSPS) is 11.4. The van der Waals surface area contributed by atoms with Gasteiger partial charge >= 0.3 is 23.1 Å². The van der Waals surface area contributed by atoms with E-state index in [4.69, 9.17) is 0 Å². The Labute approximate surface area is 176 Å². The molecule has 0 aliphatic carbocycles. The van der Waals surface area contributed by atoms with Crippen molar-refractivity contribution in [3.05, 3.63) is 24.3 Å². The zero-order chi connectivity index (χ0) is 20.6. The summed E-state index contributed by atoms with van der Waals surface area (Å²) in [4.78, 5) is 21.5. The summed E-state index contributed by atoms with van der Waals surface area (Å²) in [5.74, 6) is -1.46. The van der Waals surface area contributed by atoms with E-state index in [2.05, 4.69) is 10.6 Å². The van der Waals surface area contributed by atoms with E-state index in [0.29, 0.717) is 0 Å². The van der Waals surface area contributed by atoms with Gasteiger partial charge in [0, 0.05) is 24.6 Å². The number of carbonyl (C=O) groups excluding carboxylic acids is 2. The molecule has 0 unspecified atom stereocenters. The average molecular weight is 437 g/mol. The number of rotatable bonds is 10. The quantitative estimate of drug-likeness (QED) is 0.187. The Morgan fingerprint density at radius 3 is 1.30 bits per heavy atom. The second kappa shape index (κ2) is 17.1.